The highest BCUT2D eigenvalue weighted by Crippen LogP contribution is 2.51. The van der Waals surface area contributed by atoms with Crippen LogP contribution in [0.25, 0.3) is 0 Å². The maximum atomic E-state index is 12.4. The van der Waals surface area contributed by atoms with Gasteiger partial charge < -0.3 is 10.6 Å². The summed E-state index contributed by atoms with van der Waals surface area (Å²) in [5.74, 6) is 0.236. The zero-order valence-electron chi connectivity index (χ0n) is 11.4. The van der Waals surface area contributed by atoms with Gasteiger partial charge in [-0.05, 0) is 49.8 Å². The van der Waals surface area contributed by atoms with Gasteiger partial charge >= 0.3 is 0 Å². The molecule has 4 rings (SSSR count). The summed E-state index contributed by atoms with van der Waals surface area (Å²) in [6, 6.07) is 7.14. The summed E-state index contributed by atoms with van der Waals surface area (Å²) in [6.45, 7) is 2.89. The van der Waals surface area contributed by atoms with Crippen LogP contribution in [0.15, 0.2) is 18.2 Å². The molecule has 0 radical (unpaired) electrons. The molecule has 2 saturated carbocycles. The summed E-state index contributed by atoms with van der Waals surface area (Å²) in [7, 11) is 0. The number of nitrogens with two attached hydrogens (primary N) is 1. The molecule has 3 aliphatic rings. The number of rotatable bonds is 3. The Balaban J connectivity index is 1.71. The number of hydrogen-bond acceptors (Lipinski definition) is 2. The Morgan fingerprint density at radius 1 is 1.37 bits per heavy atom. The number of hydrogen-bond donors (Lipinski definition) is 1. The molecule has 3 nitrogen and oxygen atoms in total. The summed E-state index contributed by atoms with van der Waals surface area (Å²) in [4.78, 5) is 14.5. The Hall–Kier alpha value is -1.35. The van der Waals surface area contributed by atoms with E-state index in [-0.39, 0.29) is 17.4 Å². The Kier molecular flexibility index (Phi) is 2.17. The van der Waals surface area contributed by atoms with Crippen LogP contribution in [0.5, 0.6) is 0 Å². The van der Waals surface area contributed by atoms with E-state index in [1.807, 2.05) is 4.90 Å². The van der Waals surface area contributed by atoms with Gasteiger partial charge in [-0.15, -0.1) is 0 Å². The first-order valence-corrected chi connectivity index (χ1v) is 7.32. The van der Waals surface area contributed by atoms with Crippen molar-refractivity contribution in [1.29, 1.82) is 0 Å². The summed E-state index contributed by atoms with van der Waals surface area (Å²) in [5.41, 5.74) is 9.67. The number of nitrogens with zero attached hydrogens (tertiary/aromatic N) is 1. The molecule has 1 atom stereocenters. The zero-order valence-corrected chi connectivity index (χ0v) is 11.4. The van der Waals surface area contributed by atoms with Crippen LogP contribution >= 0.6 is 0 Å². The van der Waals surface area contributed by atoms with Crippen LogP contribution in [0.2, 0.25) is 0 Å². The molecule has 1 aromatic rings. The lowest BCUT2D eigenvalue weighted by molar-refractivity contribution is 0.0766. The summed E-state index contributed by atoms with van der Waals surface area (Å²) >= 11 is 0. The van der Waals surface area contributed by atoms with Crippen molar-refractivity contribution in [1.82, 2.24) is 4.90 Å². The van der Waals surface area contributed by atoms with E-state index in [2.05, 4.69) is 25.1 Å². The third kappa shape index (κ3) is 1.57. The Morgan fingerprint density at radius 2 is 2.11 bits per heavy atom. The van der Waals surface area contributed by atoms with Gasteiger partial charge in [-0.25, -0.2) is 0 Å². The first kappa shape index (κ1) is 11.5. The van der Waals surface area contributed by atoms with Crippen molar-refractivity contribution in [3.05, 3.63) is 34.9 Å². The normalized spacial score (nSPS) is 25.4. The van der Waals surface area contributed by atoms with Gasteiger partial charge in [-0.3, -0.25) is 4.79 Å². The molecule has 2 fully saturated rings. The van der Waals surface area contributed by atoms with Crippen LogP contribution in [-0.4, -0.2) is 22.9 Å². The van der Waals surface area contributed by atoms with Gasteiger partial charge in [0.15, 0.2) is 0 Å². The second-order valence-corrected chi connectivity index (χ2v) is 6.48. The number of fused-ring (bicyclic) bond motifs is 1. The molecule has 1 aliphatic heterocycles. The van der Waals surface area contributed by atoms with Crippen LogP contribution in [-0.2, 0) is 12.0 Å². The van der Waals surface area contributed by atoms with Crippen molar-refractivity contribution in [2.75, 3.05) is 0 Å². The highest BCUT2D eigenvalue weighted by atomic mass is 16.2. The summed E-state index contributed by atoms with van der Waals surface area (Å²) in [6.07, 6.45) is 4.67. The SMILES string of the molecule is CC(N)C1(c2ccc3c(c2)C(=O)N(C2CC2)C3)CC1. The molecule has 0 spiro atoms. The van der Waals surface area contributed by atoms with Crippen molar-refractivity contribution in [3.63, 3.8) is 0 Å². The second kappa shape index (κ2) is 3.60. The quantitative estimate of drug-likeness (QED) is 0.901. The van der Waals surface area contributed by atoms with Crippen molar-refractivity contribution in [3.8, 4) is 0 Å². The molecule has 19 heavy (non-hydrogen) atoms. The molecular formula is C16H20N2O. The first-order chi connectivity index (χ1) is 9.12. The first-order valence-electron chi connectivity index (χ1n) is 7.32. The fourth-order valence-corrected chi connectivity index (χ4v) is 3.46. The van der Waals surface area contributed by atoms with E-state index >= 15 is 0 Å². The molecule has 100 valence electrons. The third-order valence-corrected chi connectivity index (χ3v) is 5.16. The summed E-state index contributed by atoms with van der Waals surface area (Å²) in [5, 5.41) is 0. The molecule has 2 aliphatic carbocycles. The van der Waals surface area contributed by atoms with Gasteiger partial charge in [0.1, 0.15) is 0 Å². The van der Waals surface area contributed by atoms with E-state index in [0.717, 1.165) is 24.9 Å². The van der Waals surface area contributed by atoms with E-state index in [9.17, 15) is 4.79 Å². The molecule has 1 amide bonds. The van der Waals surface area contributed by atoms with E-state index < -0.39 is 0 Å². The maximum absolute atomic E-state index is 12.4. The van der Waals surface area contributed by atoms with Crippen LogP contribution in [0.1, 0.15) is 54.1 Å². The topological polar surface area (TPSA) is 46.3 Å². The van der Waals surface area contributed by atoms with Crippen molar-refractivity contribution >= 4 is 5.91 Å². The minimum Gasteiger partial charge on any atom is -0.331 e. The molecule has 1 heterocycles. The average molecular weight is 256 g/mol. The van der Waals surface area contributed by atoms with Crippen molar-refractivity contribution in [2.45, 2.75) is 56.7 Å². The number of carbonyl (C=O) groups excluding carboxylic acids is 1. The van der Waals surface area contributed by atoms with E-state index in [1.54, 1.807) is 0 Å². The van der Waals surface area contributed by atoms with Crippen LogP contribution in [0.3, 0.4) is 0 Å². The largest absolute Gasteiger partial charge is 0.331 e. The number of amides is 1. The van der Waals surface area contributed by atoms with Crippen molar-refractivity contribution < 1.29 is 4.79 Å². The van der Waals surface area contributed by atoms with Crippen LogP contribution < -0.4 is 5.73 Å². The Labute approximate surface area is 113 Å². The van der Waals surface area contributed by atoms with Gasteiger partial charge in [0.2, 0.25) is 0 Å². The van der Waals surface area contributed by atoms with E-state index in [0.29, 0.717) is 6.04 Å². The Morgan fingerprint density at radius 3 is 2.68 bits per heavy atom. The predicted octanol–water partition coefficient (Wildman–Crippen LogP) is 2.18. The highest BCUT2D eigenvalue weighted by Gasteiger charge is 2.48. The van der Waals surface area contributed by atoms with Gasteiger partial charge in [0.25, 0.3) is 5.91 Å². The molecule has 2 N–H and O–H groups in total. The highest BCUT2D eigenvalue weighted by molar-refractivity contribution is 5.99. The fourth-order valence-electron chi connectivity index (χ4n) is 3.46. The molecule has 0 aromatic heterocycles. The summed E-state index contributed by atoms with van der Waals surface area (Å²) < 4.78 is 0. The molecule has 1 unspecified atom stereocenters. The van der Waals surface area contributed by atoms with E-state index in [1.165, 1.54) is 24.0 Å². The van der Waals surface area contributed by atoms with Crippen LogP contribution in [0, 0.1) is 0 Å². The lowest BCUT2D eigenvalue weighted by Crippen LogP contribution is -2.31. The standard InChI is InChI=1S/C16H20N2O/c1-10(17)16(6-7-16)12-3-2-11-9-18(13-4-5-13)15(19)14(11)8-12/h2-3,8,10,13H,4-7,9,17H2,1H3. The minimum atomic E-state index is 0.141. The van der Waals surface area contributed by atoms with Gasteiger partial charge in [0, 0.05) is 29.6 Å². The zero-order chi connectivity index (χ0) is 13.2. The predicted molar refractivity (Wildman–Crippen MR) is 73.9 cm³/mol. The molecule has 0 saturated heterocycles. The third-order valence-electron chi connectivity index (χ3n) is 5.16. The van der Waals surface area contributed by atoms with Crippen LogP contribution in [0.4, 0.5) is 0 Å². The molecule has 1 aromatic carbocycles. The number of benzene rings is 1. The lowest BCUT2D eigenvalue weighted by Gasteiger charge is -2.20. The second-order valence-electron chi connectivity index (χ2n) is 6.48. The minimum absolute atomic E-state index is 0.141. The average Bonchev–Trinajstić information content (AvgIpc) is 3.28. The maximum Gasteiger partial charge on any atom is 0.254 e. The van der Waals surface area contributed by atoms with E-state index in [4.69, 9.17) is 5.73 Å². The molecular weight excluding hydrogens is 236 g/mol. The smallest absolute Gasteiger partial charge is 0.254 e. The van der Waals surface area contributed by atoms with Crippen molar-refractivity contribution in [2.24, 2.45) is 5.73 Å². The van der Waals surface area contributed by atoms with Gasteiger partial charge in [-0.1, -0.05) is 12.1 Å². The molecule has 3 heteroatoms. The number of carbonyl (C=O) groups is 1. The fraction of sp³-hybridized carbons (Fsp3) is 0.562. The van der Waals surface area contributed by atoms with Gasteiger partial charge in [0.05, 0.1) is 0 Å². The molecule has 0 bridgehead atoms. The lowest BCUT2D eigenvalue weighted by atomic mass is 9.88. The Bertz CT molecular complexity index is 556. The monoisotopic (exact) mass is 256 g/mol. The van der Waals surface area contributed by atoms with Gasteiger partial charge in [-0.2, -0.15) is 0 Å².